The number of nitrogens with one attached hydrogen (secondary N) is 1. The highest BCUT2D eigenvalue weighted by Gasteiger charge is 2.48. The maximum absolute atomic E-state index is 13.0. The lowest BCUT2D eigenvalue weighted by Crippen LogP contribution is -2.33. The second kappa shape index (κ2) is 6.34. The summed E-state index contributed by atoms with van der Waals surface area (Å²) < 4.78 is 36.4. The van der Waals surface area contributed by atoms with E-state index in [2.05, 4.69) is 15.5 Å². The van der Waals surface area contributed by atoms with E-state index in [1.807, 2.05) is 6.92 Å². The van der Waals surface area contributed by atoms with Crippen molar-refractivity contribution in [3.05, 3.63) is 29.7 Å². The number of nitrogens with zero attached hydrogens (tertiary/aromatic N) is 2. The van der Waals surface area contributed by atoms with E-state index in [-0.39, 0.29) is 18.7 Å². The Hall–Kier alpha value is -2.51. The summed E-state index contributed by atoms with van der Waals surface area (Å²) in [5, 5.41) is 6.56. The summed E-state index contributed by atoms with van der Waals surface area (Å²) in [5.74, 6) is -2.54. The van der Waals surface area contributed by atoms with E-state index < -0.39 is 23.5 Å². The highest BCUT2D eigenvalue weighted by atomic mass is 19.3. The zero-order valence-electron chi connectivity index (χ0n) is 15.1. The van der Waals surface area contributed by atoms with Gasteiger partial charge in [0, 0.05) is 30.0 Å². The Balaban J connectivity index is 1.75. The first-order valence-electron chi connectivity index (χ1n) is 8.35. The van der Waals surface area contributed by atoms with E-state index in [1.165, 1.54) is 0 Å². The first kappa shape index (κ1) is 18.3. The molecular weight excluding hydrogens is 344 g/mol. The molecule has 26 heavy (non-hydrogen) atoms. The molecule has 0 bridgehead atoms. The molecule has 1 aromatic heterocycles. The molecule has 0 atom stereocenters. The molecule has 8 heteroatoms. The Morgan fingerprint density at radius 3 is 2.65 bits per heavy atom. The minimum absolute atomic E-state index is 0.216. The van der Waals surface area contributed by atoms with Crippen molar-refractivity contribution in [2.45, 2.75) is 58.0 Å². The van der Waals surface area contributed by atoms with Gasteiger partial charge >= 0.3 is 6.09 Å². The lowest BCUT2D eigenvalue weighted by Gasteiger charge is -2.31. The fourth-order valence-electron chi connectivity index (χ4n) is 2.66. The number of carbonyl (C=O) groups is 1. The third-order valence-electron chi connectivity index (χ3n) is 4.01. The molecule has 1 N–H and O–H groups in total. The van der Waals surface area contributed by atoms with E-state index in [0.717, 1.165) is 5.56 Å². The number of aryl methyl sites for hydroxylation is 1. The summed E-state index contributed by atoms with van der Waals surface area (Å²) in [5.41, 5.74) is 1.39. The van der Waals surface area contributed by atoms with Gasteiger partial charge in [0.25, 0.3) is 0 Å². The van der Waals surface area contributed by atoms with Crippen molar-refractivity contribution in [2.24, 2.45) is 0 Å². The molecule has 0 spiro atoms. The normalized spacial score (nSPS) is 16.8. The summed E-state index contributed by atoms with van der Waals surface area (Å²) in [4.78, 5) is 16.2. The zero-order chi connectivity index (χ0) is 19.1. The van der Waals surface area contributed by atoms with Crippen LogP contribution in [-0.4, -0.2) is 27.8 Å². The predicted octanol–water partition coefficient (Wildman–Crippen LogP) is 4.90. The highest BCUT2D eigenvalue weighted by Crippen LogP contribution is 2.47. The third kappa shape index (κ3) is 4.17. The second-order valence-electron chi connectivity index (χ2n) is 7.57. The number of amides is 1. The molecule has 1 fully saturated rings. The van der Waals surface area contributed by atoms with Crippen molar-refractivity contribution in [3.63, 3.8) is 0 Å². The molecule has 0 saturated heterocycles. The summed E-state index contributed by atoms with van der Waals surface area (Å²) >= 11 is 0. The molecule has 1 saturated carbocycles. The van der Waals surface area contributed by atoms with Crippen LogP contribution in [0.3, 0.4) is 0 Å². The van der Waals surface area contributed by atoms with Gasteiger partial charge in [-0.3, -0.25) is 5.32 Å². The largest absolute Gasteiger partial charge is 0.444 e. The molecule has 6 nitrogen and oxygen atoms in total. The molecule has 0 aliphatic heterocycles. The van der Waals surface area contributed by atoms with E-state index in [1.54, 1.807) is 39.0 Å². The maximum atomic E-state index is 13.0. The monoisotopic (exact) mass is 365 g/mol. The molecule has 0 unspecified atom stereocenters. The van der Waals surface area contributed by atoms with Gasteiger partial charge in [-0.2, -0.15) is 4.98 Å². The lowest BCUT2D eigenvalue weighted by molar-refractivity contribution is -0.0925. The molecule has 2 aromatic rings. The fourth-order valence-corrected chi connectivity index (χ4v) is 2.66. The smallest absolute Gasteiger partial charge is 0.412 e. The summed E-state index contributed by atoms with van der Waals surface area (Å²) in [6.07, 6.45) is -1.11. The standard InChI is InChI=1S/C18H21F2N3O3/c1-10-5-6-11(7-13(10)21-16(24)25-17(2,3)4)14-22-15(26-23-14)12-8-18(19,20)9-12/h5-7,12H,8-9H2,1-4H3,(H,21,24). The Morgan fingerprint density at radius 1 is 1.35 bits per heavy atom. The molecule has 1 amide bonds. The average Bonchev–Trinajstić information content (AvgIpc) is 2.94. The van der Waals surface area contributed by atoms with Crippen molar-refractivity contribution >= 4 is 11.8 Å². The van der Waals surface area contributed by atoms with Crippen molar-refractivity contribution in [3.8, 4) is 11.4 Å². The quantitative estimate of drug-likeness (QED) is 0.837. The number of halogens is 2. The zero-order valence-corrected chi connectivity index (χ0v) is 15.1. The van der Waals surface area contributed by atoms with Gasteiger partial charge in [0.2, 0.25) is 17.6 Å². The SMILES string of the molecule is Cc1ccc(-c2noc(C3CC(F)(F)C3)n2)cc1NC(=O)OC(C)(C)C. The van der Waals surface area contributed by atoms with Crippen LogP contribution in [0.5, 0.6) is 0 Å². The Kier molecular flexibility index (Phi) is 4.46. The highest BCUT2D eigenvalue weighted by molar-refractivity contribution is 5.87. The van der Waals surface area contributed by atoms with Crippen LogP contribution in [0.4, 0.5) is 19.3 Å². The third-order valence-corrected chi connectivity index (χ3v) is 4.01. The average molecular weight is 365 g/mol. The van der Waals surface area contributed by atoms with Crippen molar-refractivity contribution in [2.75, 3.05) is 5.32 Å². The van der Waals surface area contributed by atoms with Crippen molar-refractivity contribution < 1.29 is 22.8 Å². The van der Waals surface area contributed by atoms with E-state index in [0.29, 0.717) is 17.1 Å². The Bertz CT molecular complexity index is 819. The van der Waals surface area contributed by atoms with Gasteiger partial charge in [-0.25, -0.2) is 13.6 Å². The van der Waals surface area contributed by atoms with Gasteiger partial charge in [0.1, 0.15) is 5.60 Å². The predicted molar refractivity (Wildman–Crippen MR) is 91.2 cm³/mol. The summed E-state index contributed by atoms with van der Waals surface area (Å²) in [6.45, 7) is 7.18. The minimum atomic E-state index is -2.65. The number of carbonyl (C=O) groups excluding carboxylic acids is 1. The summed E-state index contributed by atoms with van der Waals surface area (Å²) in [6, 6.07) is 5.28. The Labute approximate surface area is 149 Å². The van der Waals surface area contributed by atoms with Gasteiger partial charge < -0.3 is 9.26 Å². The molecule has 1 aliphatic rings. The van der Waals surface area contributed by atoms with E-state index >= 15 is 0 Å². The van der Waals surface area contributed by atoms with Crippen LogP contribution in [0, 0.1) is 6.92 Å². The van der Waals surface area contributed by atoms with Gasteiger partial charge in [-0.1, -0.05) is 17.3 Å². The first-order chi connectivity index (χ1) is 12.0. The van der Waals surface area contributed by atoms with Crippen LogP contribution < -0.4 is 5.32 Å². The van der Waals surface area contributed by atoms with Crippen LogP contribution in [-0.2, 0) is 4.74 Å². The molecule has 140 valence electrons. The van der Waals surface area contributed by atoms with E-state index in [9.17, 15) is 13.6 Å². The summed E-state index contributed by atoms with van der Waals surface area (Å²) in [7, 11) is 0. The number of benzene rings is 1. The number of alkyl halides is 2. The fraction of sp³-hybridized carbons (Fsp3) is 0.500. The van der Waals surface area contributed by atoms with Crippen LogP contribution in [0.25, 0.3) is 11.4 Å². The van der Waals surface area contributed by atoms with Crippen LogP contribution in [0.2, 0.25) is 0 Å². The number of anilines is 1. The van der Waals surface area contributed by atoms with Crippen molar-refractivity contribution in [1.82, 2.24) is 10.1 Å². The number of aromatic nitrogens is 2. The number of hydrogen-bond donors (Lipinski definition) is 1. The van der Waals surface area contributed by atoms with Crippen LogP contribution in [0.1, 0.15) is 51.0 Å². The molecule has 1 aliphatic carbocycles. The van der Waals surface area contributed by atoms with Gasteiger partial charge in [-0.15, -0.1) is 0 Å². The van der Waals surface area contributed by atoms with E-state index in [4.69, 9.17) is 9.26 Å². The number of hydrogen-bond acceptors (Lipinski definition) is 5. The molecule has 1 aromatic carbocycles. The molecule has 1 heterocycles. The second-order valence-corrected chi connectivity index (χ2v) is 7.57. The first-order valence-corrected chi connectivity index (χ1v) is 8.35. The van der Waals surface area contributed by atoms with Crippen LogP contribution in [0.15, 0.2) is 22.7 Å². The van der Waals surface area contributed by atoms with Gasteiger partial charge in [0.05, 0.1) is 0 Å². The van der Waals surface area contributed by atoms with Gasteiger partial charge in [-0.05, 0) is 39.3 Å². The topological polar surface area (TPSA) is 77.3 Å². The lowest BCUT2D eigenvalue weighted by atomic mass is 9.81. The molecule has 3 rings (SSSR count). The van der Waals surface area contributed by atoms with Crippen LogP contribution >= 0.6 is 0 Å². The molecular formula is C18H21F2N3O3. The van der Waals surface area contributed by atoms with Gasteiger partial charge in [0.15, 0.2) is 0 Å². The number of ether oxygens (including phenoxy) is 1. The van der Waals surface area contributed by atoms with Crippen molar-refractivity contribution in [1.29, 1.82) is 0 Å². The Morgan fingerprint density at radius 2 is 2.04 bits per heavy atom. The maximum Gasteiger partial charge on any atom is 0.412 e. The molecule has 0 radical (unpaired) electrons. The minimum Gasteiger partial charge on any atom is -0.444 e. The number of rotatable bonds is 3.